The Bertz CT molecular complexity index is 1450. The summed E-state index contributed by atoms with van der Waals surface area (Å²) >= 11 is 3.41. The Hall–Kier alpha value is -1.91. The summed E-state index contributed by atoms with van der Waals surface area (Å²) in [5, 5.41) is 9.87. The van der Waals surface area contributed by atoms with Gasteiger partial charge in [-0.3, -0.25) is 4.99 Å². The standard InChI is InChI=1S/C33H46BrFN2O2.C8H9.CH3.U/c1-9-39-31(21(2)3)13-12-27(24(8)25-10-11-25)32(22(4)5)36-33(23(6)7)14-16-37(17-15-33)30-19-26(34)18-29(35)28(30)20-38;1-2-8-6-4-3-5-7-8;;/h12-13,18-19,21-22,25,38H,6,8-11,14-17,20H2,1-5,7H3;4-7H,2H2,1H3;1H3;/q;2*-1;+2/b27-12+,31-13+,36-32?;;;. The first-order valence-electron chi connectivity index (χ1n) is 17.2. The van der Waals surface area contributed by atoms with Gasteiger partial charge in [0.2, 0.25) is 0 Å². The quantitative estimate of drug-likeness (QED) is 0.0715. The van der Waals surface area contributed by atoms with Crippen LogP contribution in [0.4, 0.5) is 10.1 Å². The van der Waals surface area contributed by atoms with Crippen molar-refractivity contribution in [2.45, 2.75) is 92.7 Å². The Morgan fingerprint density at radius 3 is 2.16 bits per heavy atom. The average molecular weight is 960 g/mol. The van der Waals surface area contributed by atoms with E-state index in [2.05, 4.69) is 106 Å². The molecule has 1 heterocycles. The molecule has 2 fully saturated rings. The molecule has 0 unspecified atom stereocenters. The van der Waals surface area contributed by atoms with Gasteiger partial charge in [0.15, 0.2) is 0 Å². The van der Waals surface area contributed by atoms with E-state index in [1.807, 2.05) is 25.1 Å². The number of rotatable bonds is 13. The molecule has 0 spiro atoms. The van der Waals surface area contributed by atoms with Crippen LogP contribution in [0.15, 0.2) is 93.7 Å². The van der Waals surface area contributed by atoms with E-state index in [1.165, 1.54) is 24.5 Å². The van der Waals surface area contributed by atoms with Crippen LogP contribution >= 0.6 is 15.9 Å². The molecule has 266 valence electrons. The van der Waals surface area contributed by atoms with E-state index in [1.54, 1.807) is 0 Å². The fraction of sp³-hybridized carbons (Fsp3) is 0.476. The van der Waals surface area contributed by atoms with E-state index in [4.69, 9.17) is 9.73 Å². The van der Waals surface area contributed by atoms with Crippen LogP contribution in [0.1, 0.15) is 85.3 Å². The summed E-state index contributed by atoms with van der Waals surface area (Å²) in [4.78, 5) is 7.69. The third-order valence-electron chi connectivity index (χ3n) is 9.08. The van der Waals surface area contributed by atoms with Crippen molar-refractivity contribution in [1.82, 2.24) is 0 Å². The number of aliphatic hydroxyl groups is 1. The summed E-state index contributed by atoms with van der Waals surface area (Å²) in [6, 6.07) is 14.3. The second kappa shape index (κ2) is 21.5. The minimum atomic E-state index is -0.423. The number of piperidine rings is 1. The average Bonchev–Trinajstić information content (AvgIpc) is 3.90. The van der Waals surface area contributed by atoms with Crippen molar-refractivity contribution in [2.24, 2.45) is 22.7 Å². The summed E-state index contributed by atoms with van der Waals surface area (Å²) in [6.45, 7) is 25.5. The number of hydrogen-bond acceptors (Lipinski definition) is 4. The Balaban J connectivity index is 0.00000105. The van der Waals surface area contributed by atoms with Crippen molar-refractivity contribution in [1.29, 1.82) is 0 Å². The molecule has 49 heavy (non-hydrogen) atoms. The minimum absolute atomic E-state index is 0. The van der Waals surface area contributed by atoms with Crippen LogP contribution in [0.25, 0.3) is 0 Å². The Morgan fingerprint density at radius 2 is 1.71 bits per heavy atom. The zero-order chi connectivity index (χ0) is 34.7. The van der Waals surface area contributed by atoms with E-state index in [0.717, 1.165) is 53.1 Å². The molecule has 1 saturated heterocycles. The normalized spacial score (nSPS) is 16.3. The number of aliphatic hydroxyl groups excluding tert-OH is 1. The molecular formula is C42H58BrFN2O2U. The number of aryl methyl sites for hydroxylation is 1. The first-order valence-corrected chi connectivity index (χ1v) is 17.9. The molecule has 4 rings (SSSR count). The largest absolute Gasteiger partial charge is 2.00 e. The molecule has 1 saturated carbocycles. The molecule has 7 heteroatoms. The molecule has 2 aromatic carbocycles. The van der Waals surface area contributed by atoms with Crippen LogP contribution in [-0.4, -0.2) is 36.1 Å². The predicted octanol–water partition coefficient (Wildman–Crippen LogP) is 11.1. The third-order valence-corrected chi connectivity index (χ3v) is 9.54. The molecule has 2 aliphatic rings. The van der Waals surface area contributed by atoms with E-state index in [0.29, 0.717) is 35.7 Å². The zero-order valence-electron chi connectivity index (χ0n) is 31.1. The zero-order valence-corrected chi connectivity index (χ0v) is 36.9. The third kappa shape index (κ3) is 12.7. The van der Waals surface area contributed by atoms with Crippen LogP contribution in [-0.2, 0) is 17.8 Å². The van der Waals surface area contributed by atoms with Gasteiger partial charge in [-0.05, 0) is 86.8 Å². The molecule has 0 aromatic heterocycles. The molecular weight excluding hydrogens is 901 g/mol. The van der Waals surface area contributed by atoms with Gasteiger partial charge in [0.25, 0.3) is 0 Å². The van der Waals surface area contributed by atoms with Crippen molar-refractivity contribution in [3.63, 3.8) is 0 Å². The maximum absolute atomic E-state index is 14.6. The summed E-state index contributed by atoms with van der Waals surface area (Å²) in [5.41, 5.74) is 6.39. The molecule has 4 nitrogen and oxygen atoms in total. The van der Waals surface area contributed by atoms with Crippen molar-refractivity contribution >= 4 is 27.3 Å². The number of anilines is 1. The van der Waals surface area contributed by atoms with Crippen LogP contribution in [0.5, 0.6) is 0 Å². The molecule has 1 N–H and O–H groups in total. The fourth-order valence-electron chi connectivity index (χ4n) is 5.92. The van der Waals surface area contributed by atoms with Crippen LogP contribution in [0.2, 0.25) is 0 Å². The van der Waals surface area contributed by atoms with E-state index >= 15 is 0 Å². The predicted molar refractivity (Wildman–Crippen MR) is 207 cm³/mol. The van der Waals surface area contributed by atoms with E-state index < -0.39 is 11.4 Å². The molecule has 0 atom stereocenters. The van der Waals surface area contributed by atoms with Gasteiger partial charge in [-0.1, -0.05) is 75.7 Å². The van der Waals surface area contributed by atoms with Gasteiger partial charge >= 0.3 is 31.1 Å². The Labute approximate surface area is 329 Å². The number of halogens is 2. The smallest absolute Gasteiger partial charge is 0.498 e. The Kier molecular flexibility index (Phi) is 19.8. The molecule has 0 amide bonds. The first-order chi connectivity index (χ1) is 22.4. The van der Waals surface area contributed by atoms with Crippen LogP contribution in [0.3, 0.4) is 0 Å². The monoisotopic (exact) mass is 958 g/mol. The van der Waals surface area contributed by atoms with Gasteiger partial charge in [-0.25, -0.2) is 4.39 Å². The van der Waals surface area contributed by atoms with E-state index in [9.17, 15) is 9.50 Å². The SMILES string of the molecule is C=C(/C(=C\C=C(\OCC)C(C)C)C(=NC1(C(=C)C)CCN(c2cc(Br)cc(F)c2CO)CC1)C(C)C)C1CC1.CCc1cc[c-]cc1.[CH3-].[U+2]. The van der Waals surface area contributed by atoms with Crippen molar-refractivity contribution in [3.05, 3.63) is 119 Å². The second-order valence-corrected chi connectivity index (χ2v) is 14.2. The van der Waals surface area contributed by atoms with Crippen LogP contribution in [0, 0.1) is 68.2 Å². The summed E-state index contributed by atoms with van der Waals surface area (Å²) in [5.74, 6) is 1.56. The number of nitrogens with zero attached hydrogens (tertiary/aromatic N) is 2. The van der Waals surface area contributed by atoms with Gasteiger partial charge in [0.1, 0.15) is 5.82 Å². The molecule has 0 radical (unpaired) electrons. The first kappa shape index (κ1) is 45.1. The number of allylic oxidation sites excluding steroid dienone is 5. The van der Waals surface area contributed by atoms with Gasteiger partial charge < -0.3 is 22.2 Å². The molecule has 1 aliphatic heterocycles. The Morgan fingerprint density at radius 1 is 1.10 bits per heavy atom. The maximum Gasteiger partial charge on any atom is 2.00 e. The topological polar surface area (TPSA) is 45.1 Å². The van der Waals surface area contributed by atoms with E-state index in [-0.39, 0.29) is 57.0 Å². The number of ether oxygens (including phenoxy) is 1. The van der Waals surface area contributed by atoms with Crippen molar-refractivity contribution in [2.75, 3.05) is 24.6 Å². The second-order valence-electron chi connectivity index (χ2n) is 13.3. The summed E-state index contributed by atoms with van der Waals surface area (Å²) in [7, 11) is 0. The molecule has 1 aliphatic carbocycles. The van der Waals surface area contributed by atoms with Gasteiger partial charge in [0.05, 0.1) is 24.5 Å². The van der Waals surface area contributed by atoms with Crippen molar-refractivity contribution < 1.29 is 45.3 Å². The summed E-state index contributed by atoms with van der Waals surface area (Å²) in [6.07, 6.45) is 9.25. The minimum Gasteiger partial charge on any atom is -0.498 e. The van der Waals surface area contributed by atoms with Crippen LogP contribution < -0.4 is 4.90 Å². The van der Waals surface area contributed by atoms with Gasteiger partial charge in [-0.2, -0.15) is 35.9 Å². The molecule has 0 bridgehead atoms. The fourth-order valence-corrected chi connectivity index (χ4v) is 6.33. The number of hydrogen-bond donors (Lipinski definition) is 1. The maximum atomic E-state index is 14.6. The van der Waals surface area contributed by atoms with Crippen molar-refractivity contribution in [3.8, 4) is 0 Å². The number of benzene rings is 2. The van der Waals surface area contributed by atoms with Gasteiger partial charge in [0, 0.05) is 40.4 Å². The number of aliphatic imine (C=N–C) groups is 1. The van der Waals surface area contributed by atoms with Gasteiger partial charge in [-0.15, -0.1) is 0 Å². The molecule has 2 aromatic rings. The summed E-state index contributed by atoms with van der Waals surface area (Å²) < 4.78 is 21.2.